The standard InChI is InChI=1S/C17H10N6OS/c1-2-5-11(6-3-1)14-9-13(22-24-14)16-21-23-15(19-20-17(23)25-16)12-7-4-8-18-10-12/h1-10H. The van der Waals surface area contributed by atoms with E-state index in [2.05, 4.69) is 25.4 Å². The van der Waals surface area contributed by atoms with Crippen molar-refractivity contribution in [2.75, 3.05) is 0 Å². The normalized spacial score (nSPS) is 11.2. The van der Waals surface area contributed by atoms with Gasteiger partial charge in [0.15, 0.2) is 16.6 Å². The highest BCUT2D eigenvalue weighted by molar-refractivity contribution is 7.19. The second-order valence-electron chi connectivity index (χ2n) is 5.31. The summed E-state index contributed by atoms with van der Waals surface area (Å²) in [6.07, 6.45) is 3.45. The van der Waals surface area contributed by atoms with E-state index in [0.717, 1.165) is 16.1 Å². The highest BCUT2D eigenvalue weighted by Crippen LogP contribution is 2.30. The Morgan fingerprint density at radius 1 is 0.960 bits per heavy atom. The molecule has 5 rings (SSSR count). The average Bonchev–Trinajstić information content (AvgIpc) is 3.38. The Kier molecular flexibility index (Phi) is 3.14. The summed E-state index contributed by atoms with van der Waals surface area (Å²) >= 11 is 1.41. The molecule has 0 saturated heterocycles. The van der Waals surface area contributed by atoms with Crippen molar-refractivity contribution in [1.82, 2.24) is 30.0 Å². The smallest absolute Gasteiger partial charge is 0.235 e. The molecule has 0 spiro atoms. The largest absolute Gasteiger partial charge is 0.356 e. The van der Waals surface area contributed by atoms with Crippen LogP contribution in [-0.2, 0) is 0 Å². The maximum absolute atomic E-state index is 5.45. The predicted octanol–water partition coefficient (Wildman–Crippen LogP) is 3.57. The van der Waals surface area contributed by atoms with Gasteiger partial charge in [0.1, 0.15) is 5.69 Å². The Morgan fingerprint density at radius 2 is 1.84 bits per heavy atom. The lowest BCUT2D eigenvalue weighted by molar-refractivity contribution is 0.435. The van der Waals surface area contributed by atoms with Crippen LogP contribution >= 0.6 is 11.3 Å². The molecule has 120 valence electrons. The molecule has 0 fully saturated rings. The van der Waals surface area contributed by atoms with Crippen molar-refractivity contribution in [2.45, 2.75) is 0 Å². The fourth-order valence-electron chi connectivity index (χ4n) is 2.51. The number of hydrogen-bond acceptors (Lipinski definition) is 7. The van der Waals surface area contributed by atoms with Crippen molar-refractivity contribution in [3.05, 3.63) is 60.9 Å². The number of benzene rings is 1. The molecule has 5 aromatic rings. The number of pyridine rings is 1. The van der Waals surface area contributed by atoms with E-state index in [1.165, 1.54) is 11.3 Å². The third-order valence-corrected chi connectivity index (χ3v) is 4.62. The number of rotatable bonds is 3. The van der Waals surface area contributed by atoms with Gasteiger partial charge in [0.05, 0.1) is 0 Å². The maximum Gasteiger partial charge on any atom is 0.235 e. The van der Waals surface area contributed by atoms with Gasteiger partial charge in [-0.05, 0) is 12.1 Å². The van der Waals surface area contributed by atoms with E-state index < -0.39 is 0 Å². The number of nitrogens with zero attached hydrogens (tertiary/aromatic N) is 6. The fraction of sp³-hybridized carbons (Fsp3) is 0. The van der Waals surface area contributed by atoms with E-state index >= 15 is 0 Å². The topological polar surface area (TPSA) is 82.0 Å². The highest BCUT2D eigenvalue weighted by atomic mass is 32.1. The summed E-state index contributed by atoms with van der Waals surface area (Å²) in [6, 6.07) is 15.5. The van der Waals surface area contributed by atoms with Crippen molar-refractivity contribution < 1.29 is 4.52 Å². The molecular formula is C17H10N6OS. The van der Waals surface area contributed by atoms with Gasteiger partial charge in [-0.3, -0.25) is 4.98 Å². The quantitative estimate of drug-likeness (QED) is 0.497. The van der Waals surface area contributed by atoms with E-state index in [1.807, 2.05) is 48.5 Å². The van der Waals surface area contributed by atoms with E-state index in [4.69, 9.17) is 4.52 Å². The first kappa shape index (κ1) is 14.0. The van der Waals surface area contributed by atoms with Gasteiger partial charge in [0.2, 0.25) is 4.96 Å². The highest BCUT2D eigenvalue weighted by Gasteiger charge is 2.17. The lowest BCUT2D eigenvalue weighted by Gasteiger charge is -1.94. The zero-order chi connectivity index (χ0) is 16.6. The van der Waals surface area contributed by atoms with Crippen LogP contribution in [0.25, 0.3) is 38.4 Å². The summed E-state index contributed by atoms with van der Waals surface area (Å²) in [5.74, 6) is 1.35. The predicted molar refractivity (Wildman–Crippen MR) is 92.8 cm³/mol. The van der Waals surface area contributed by atoms with Crippen LogP contribution in [0, 0.1) is 0 Å². The van der Waals surface area contributed by atoms with Gasteiger partial charge < -0.3 is 4.52 Å². The van der Waals surface area contributed by atoms with E-state index in [-0.39, 0.29) is 0 Å². The minimum atomic E-state index is 0.650. The van der Waals surface area contributed by atoms with Gasteiger partial charge in [-0.25, -0.2) is 0 Å². The molecule has 0 bridgehead atoms. The zero-order valence-corrected chi connectivity index (χ0v) is 13.6. The second-order valence-corrected chi connectivity index (χ2v) is 6.27. The number of hydrogen-bond donors (Lipinski definition) is 0. The lowest BCUT2D eigenvalue weighted by atomic mass is 10.2. The average molecular weight is 346 g/mol. The van der Waals surface area contributed by atoms with Gasteiger partial charge >= 0.3 is 0 Å². The van der Waals surface area contributed by atoms with E-state index in [1.54, 1.807) is 16.9 Å². The van der Waals surface area contributed by atoms with Crippen LogP contribution < -0.4 is 0 Å². The summed E-state index contributed by atoms with van der Waals surface area (Å²) in [5.41, 5.74) is 2.50. The third-order valence-electron chi connectivity index (χ3n) is 3.70. The lowest BCUT2D eigenvalue weighted by Crippen LogP contribution is -1.91. The maximum atomic E-state index is 5.45. The summed E-state index contributed by atoms with van der Waals surface area (Å²) in [6.45, 7) is 0. The number of fused-ring (bicyclic) bond motifs is 1. The minimum Gasteiger partial charge on any atom is -0.356 e. The zero-order valence-electron chi connectivity index (χ0n) is 12.8. The molecule has 0 aliphatic heterocycles. The van der Waals surface area contributed by atoms with Crippen LogP contribution in [0.5, 0.6) is 0 Å². The van der Waals surface area contributed by atoms with Crippen molar-refractivity contribution in [3.8, 4) is 33.4 Å². The van der Waals surface area contributed by atoms with E-state index in [0.29, 0.717) is 22.2 Å². The van der Waals surface area contributed by atoms with Crippen LogP contribution in [0.2, 0.25) is 0 Å². The van der Waals surface area contributed by atoms with Gasteiger partial charge in [-0.1, -0.05) is 46.8 Å². The van der Waals surface area contributed by atoms with Crippen LogP contribution in [0.1, 0.15) is 0 Å². The molecule has 4 heterocycles. The fourth-order valence-corrected chi connectivity index (χ4v) is 3.30. The first-order valence-electron chi connectivity index (χ1n) is 7.54. The van der Waals surface area contributed by atoms with Crippen molar-refractivity contribution >= 4 is 16.3 Å². The molecule has 0 amide bonds. The van der Waals surface area contributed by atoms with Crippen LogP contribution in [0.15, 0.2) is 65.4 Å². The van der Waals surface area contributed by atoms with Crippen LogP contribution in [0.3, 0.4) is 0 Å². The molecular weight excluding hydrogens is 336 g/mol. The van der Waals surface area contributed by atoms with Gasteiger partial charge in [0, 0.05) is 29.6 Å². The van der Waals surface area contributed by atoms with Crippen LogP contribution in [-0.4, -0.2) is 30.0 Å². The molecule has 0 unspecified atom stereocenters. The Bertz CT molecular complexity index is 1150. The Hall–Kier alpha value is -3.39. The molecule has 0 radical (unpaired) electrons. The third kappa shape index (κ3) is 2.39. The summed E-state index contributed by atoms with van der Waals surface area (Å²) in [7, 11) is 0. The summed E-state index contributed by atoms with van der Waals surface area (Å²) < 4.78 is 7.16. The van der Waals surface area contributed by atoms with Crippen molar-refractivity contribution in [2.24, 2.45) is 0 Å². The molecule has 0 aliphatic carbocycles. The van der Waals surface area contributed by atoms with Crippen LogP contribution in [0.4, 0.5) is 0 Å². The monoisotopic (exact) mass is 346 g/mol. The molecule has 7 nitrogen and oxygen atoms in total. The number of aromatic nitrogens is 6. The molecule has 4 aromatic heterocycles. The van der Waals surface area contributed by atoms with Gasteiger partial charge in [-0.2, -0.15) is 9.61 Å². The molecule has 0 saturated carbocycles. The Balaban J connectivity index is 1.56. The molecule has 0 N–H and O–H groups in total. The molecule has 0 atom stereocenters. The van der Waals surface area contributed by atoms with Crippen molar-refractivity contribution in [1.29, 1.82) is 0 Å². The minimum absolute atomic E-state index is 0.650. The molecule has 25 heavy (non-hydrogen) atoms. The molecule has 0 aliphatic rings. The van der Waals surface area contributed by atoms with Gasteiger partial charge in [0.25, 0.3) is 0 Å². The molecule has 1 aromatic carbocycles. The van der Waals surface area contributed by atoms with E-state index in [9.17, 15) is 0 Å². The Morgan fingerprint density at radius 3 is 2.68 bits per heavy atom. The van der Waals surface area contributed by atoms with Crippen molar-refractivity contribution in [3.63, 3.8) is 0 Å². The summed E-state index contributed by atoms with van der Waals surface area (Å²) in [5, 5.41) is 17.8. The first-order valence-corrected chi connectivity index (χ1v) is 8.35. The summed E-state index contributed by atoms with van der Waals surface area (Å²) in [4.78, 5) is 4.81. The second kappa shape index (κ2) is 5.60. The first-order chi connectivity index (χ1) is 12.4. The van der Waals surface area contributed by atoms with Gasteiger partial charge in [-0.15, -0.1) is 10.2 Å². The molecule has 8 heteroatoms. The SMILES string of the molecule is c1ccc(-c2cc(-c3nn4c(-c5cccnc5)nnc4s3)no2)cc1. The Labute approximate surface area is 145 Å².